The highest BCUT2D eigenvalue weighted by Crippen LogP contribution is 2.21. The molecule has 0 fully saturated rings. The first-order valence-corrected chi connectivity index (χ1v) is 7.74. The van der Waals surface area contributed by atoms with Crippen LogP contribution in [0.5, 0.6) is 0 Å². The molecule has 134 valence electrons. The molecule has 23 heavy (non-hydrogen) atoms. The minimum atomic E-state index is -0.474. The van der Waals surface area contributed by atoms with Gasteiger partial charge in [-0.25, -0.2) is 4.98 Å². The van der Waals surface area contributed by atoms with E-state index in [4.69, 9.17) is 5.73 Å². The molecule has 6 nitrogen and oxygen atoms in total. The number of likely N-dealkylation sites (N-methyl/N-ethyl adjacent to an activating group) is 1. The summed E-state index contributed by atoms with van der Waals surface area (Å²) in [5.41, 5.74) is 5.73. The molecule has 0 spiro atoms. The molecule has 2 amide bonds. The van der Waals surface area contributed by atoms with Crippen LogP contribution >= 0.6 is 36.2 Å². The molecule has 1 unspecified atom stereocenters. The van der Waals surface area contributed by atoms with E-state index < -0.39 is 5.41 Å². The van der Waals surface area contributed by atoms with Gasteiger partial charge in [0.15, 0.2) is 5.13 Å². The first-order chi connectivity index (χ1) is 9.65. The predicted octanol–water partition coefficient (Wildman–Crippen LogP) is 2.32. The molecule has 1 aromatic rings. The van der Waals surface area contributed by atoms with Crippen LogP contribution in [0.1, 0.15) is 33.4 Å². The van der Waals surface area contributed by atoms with E-state index >= 15 is 0 Å². The minimum absolute atomic E-state index is 0. The van der Waals surface area contributed by atoms with Gasteiger partial charge in [-0.15, -0.1) is 36.2 Å². The summed E-state index contributed by atoms with van der Waals surface area (Å²) in [6.07, 6.45) is 0.211. The highest BCUT2D eigenvalue weighted by Gasteiger charge is 2.22. The van der Waals surface area contributed by atoms with Gasteiger partial charge in [-0.05, 0) is 6.92 Å². The summed E-state index contributed by atoms with van der Waals surface area (Å²) in [5, 5.41) is 5.07. The Morgan fingerprint density at radius 2 is 1.96 bits per heavy atom. The maximum atomic E-state index is 12.1. The molecule has 0 aliphatic carbocycles. The van der Waals surface area contributed by atoms with E-state index in [0.29, 0.717) is 17.4 Å². The maximum absolute atomic E-state index is 12.1. The van der Waals surface area contributed by atoms with Crippen LogP contribution in [0, 0.1) is 5.41 Å². The Morgan fingerprint density at radius 3 is 2.43 bits per heavy atom. The van der Waals surface area contributed by atoms with Crippen LogP contribution in [0.15, 0.2) is 5.38 Å². The zero-order valence-electron chi connectivity index (χ0n) is 14.1. The Bertz CT molecular complexity index is 517. The van der Waals surface area contributed by atoms with Crippen molar-refractivity contribution in [2.45, 2.75) is 40.2 Å². The molecule has 0 bridgehead atoms. The fraction of sp³-hybridized carbons (Fsp3) is 0.643. The standard InChI is InChI=1S/C14H24N4O2S.2ClH/c1-9(7-15)18(5)11(19)6-10-8-21-13(16-10)17-12(20)14(2,3)4;;/h8-9H,6-7,15H2,1-5H3,(H,16,17,20);2*1H. The van der Waals surface area contributed by atoms with Crippen molar-refractivity contribution in [3.8, 4) is 0 Å². The van der Waals surface area contributed by atoms with Crippen LogP contribution in [0.4, 0.5) is 5.13 Å². The van der Waals surface area contributed by atoms with Gasteiger partial charge in [0.25, 0.3) is 0 Å². The average molecular weight is 385 g/mol. The topological polar surface area (TPSA) is 88.3 Å². The van der Waals surface area contributed by atoms with E-state index in [-0.39, 0.29) is 49.1 Å². The van der Waals surface area contributed by atoms with Crippen molar-refractivity contribution in [1.82, 2.24) is 9.88 Å². The largest absolute Gasteiger partial charge is 0.341 e. The third-order valence-electron chi connectivity index (χ3n) is 3.18. The Morgan fingerprint density at radius 1 is 1.39 bits per heavy atom. The zero-order valence-corrected chi connectivity index (χ0v) is 16.5. The van der Waals surface area contributed by atoms with Gasteiger partial charge in [-0.1, -0.05) is 20.8 Å². The summed E-state index contributed by atoms with van der Waals surface area (Å²) in [5.74, 6) is -0.129. The molecule has 0 aliphatic rings. The molecule has 1 heterocycles. The van der Waals surface area contributed by atoms with E-state index in [1.807, 2.05) is 27.7 Å². The van der Waals surface area contributed by atoms with Gasteiger partial charge in [0.05, 0.1) is 12.1 Å². The number of anilines is 1. The first-order valence-electron chi connectivity index (χ1n) is 6.86. The lowest BCUT2D eigenvalue weighted by molar-refractivity contribution is -0.130. The second kappa shape index (κ2) is 10.1. The van der Waals surface area contributed by atoms with Gasteiger partial charge in [0.1, 0.15) is 0 Å². The van der Waals surface area contributed by atoms with E-state index in [9.17, 15) is 9.59 Å². The Balaban J connectivity index is 0. The summed E-state index contributed by atoms with van der Waals surface area (Å²) in [4.78, 5) is 29.8. The fourth-order valence-electron chi connectivity index (χ4n) is 1.41. The smallest absolute Gasteiger partial charge is 0.231 e. The normalized spacial score (nSPS) is 11.7. The molecule has 3 N–H and O–H groups in total. The predicted molar refractivity (Wildman–Crippen MR) is 99.7 cm³/mol. The number of thiazole rings is 1. The number of nitrogens with zero attached hydrogens (tertiary/aromatic N) is 2. The Labute approximate surface area is 154 Å². The monoisotopic (exact) mass is 384 g/mol. The quantitative estimate of drug-likeness (QED) is 0.814. The van der Waals surface area contributed by atoms with Gasteiger partial charge in [0.2, 0.25) is 11.8 Å². The van der Waals surface area contributed by atoms with Crippen LogP contribution in [-0.2, 0) is 16.0 Å². The number of halogens is 2. The number of hydrogen-bond acceptors (Lipinski definition) is 5. The molecule has 1 atom stereocenters. The van der Waals surface area contributed by atoms with Crippen molar-refractivity contribution in [3.63, 3.8) is 0 Å². The molecule has 0 aromatic carbocycles. The number of aromatic nitrogens is 1. The lowest BCUT2D eigenvalue weighted by Crippen LogP contribution is -2.40. The van der Waals surface area contributed by atoms with Crippen molar-refractivity contribution in [2.24, 2.45) is 11.1 Å². The van der Waals surface area contributed by atoms with Crippen LogP contribution in [0.3, 0.4) is 0 Å². The van der Waals surface area contributed by atoms with E-state index in [2.05, 4.69) is 10.3 Å². The zero-order chi connectivity index (χ0) is 16.2. The molecule has 0 aliphatic heterocycles. The van der Waals surface area contributed by atoms with Crippen LogP contribution in [0.2, 0.25) is 0 Å². The molecule has 0 saturated carbocycles. The van der Waals surface area contributed by atoms with Crippen molar-refractivity contribution < 1.29 is 9.59 Å². The number of nitrogens with one attached hydrogen (secondary N) is 1. The number of carbonyl (C=O) groups is 2. The van der Waals surface area contributed by atoms with Gasteiger partial charge in [-0.3, -0.25) is 9.59 Å². The fourth-order valence-corrected chi connectivity index (χ4v) is 2.12. The molecule has 0 saturated heterocycles. The highest BCUT2D eigenvalue weighted by molar-refractivity contribution is 7.13. The number of nitrogens with two attached hydrogens (primary N) is 1. The molecular weight excluding hydrogens is 359 g/mol. The SMILES string of the molecule is CC(CN)N(C)C(=O)Cc1csc(NC(=O)C(C)(C)C)n1.Cl.Cl. The first kappa shape index (κ1) is 24.4. The second-order valence-corrected chi connectivity index (χ2v) is 6.97. The van der Waals surface area contributed by atoms with Crippen LogP contribution in [-0.4, -0.2) is 41.3 Å². The summed E-state index contributed by atoms with van der Waals surface area (Å²) in [6, 6.07) is -0.00352. The van der Waals surface area contributed by atoms with Crippen molar-refractivity contribution in [2.75, 3.05) is 18.9 Å². The summed E-state index contributed by atoms with van der Waals surface area (Å²) < 4.78 is 0. The van der Waals surface area contributed by atoms with Gasteiger partial charge in [-0.2, -0.15) is 0 Å². The highest BCUT2D eigenvalue weighted by atomic mass is 35.5. The lowest BCUT2D eigenvalue weighted by Gasteiger charge is -2.23. The summed E-state index contributed by atoms with van der Waals surface area (Å²) in [7, 11) is 1.73. The number of carbonyl (C=O) groups excluding carboxylic acids is 2. The average Bonchev–Trinajstić information content (AvgIpc) is 2.82. The van der Waals surface area contributed by atoms with Crippen LogP contribution in [0.25, 0.3) is 0 Å². The number of hydrogen-bond donors (Lipinski definition) is 2. The van der Waals surface area contributed by atoms with E-state index in [1.54, 1.807) is 17.3 Å². The van der Waals surface area contributed by atoms with Crippen LogP contribution < -0.4 is 11.1 Å². The Kier molecular flexibility index (Phi) is 10.7. The van der Waals surface area contributed by atoms with Crippen molar-refractivity contribution >= 4 is 53.1 Å². The lowest BCUT2D eigenvalue weighted by atomic mass is 9.96. The maximum Gasteiger partial charge on any atom is 0.231 e. The van der Waals surface area contributed by atoms with Crippen molar-refractivity contribution in [1.29, 1.82) is 0 Å². The van der Waals surface area contributed by atoms with Gasteiger partial charge >= 0.3 is 0 Å². The van der Waals surface area contributed by atoms with Gasteiger partial charge < -0.3 is 16.0 Å². The second-order valence-electron chi connectivity index (χ2n) is 6.11. The van der Waals surface area contributed by atoms with E-state index in [1.165, 1.54) is 11.3 Å². The summed E-state index contributed by atoms with van der Waals surface area (Å²) in [6.45, 7) is 7.83. The minimum Gasteiger partial charge on any atom is -0.341 e. The summed E-state index contributed by atoms with van der Waals surface area (Å²) >= 11 is 1.32. The number of rotatable bonds is 5. The number of amides is 2. The third kappa shape index (κ3) is 7.48. The van der Waals surface area contributed by atoms with Crippen molar-refractivity contribution in [3.05, 3.63) is 11.1 Å². The molecule has 1 aromatic heterocycles. The molecular formula is C14H26Cl2N4O2S. The molecule has 0 radical (unpaired) electrons. The van der Waals surface area contributed by atoms with Gasteiger partial charge in [0, 0.05) is 30.4 Å². The van der Waals surface area contributed by atoms with E-state index in [0.717, 1.165) is 0 Å². The molecule has 9 heteroatoms. The third-order valence-corrected chi connectivity index (χ3v) is 3.99. The molecule has 1 rings (SSSR count). The Hall–Kier alpha value is -0.890.